The van der Waals surface area contributed by atoms with Gasteiger partial charge in [-0.15, -0.1) is 3.63 Å². The molecule has 0 spiro atoms. The van der Waals surface area contributed by atoms with Crippen molar-refractivity contribution in [1.82, 2.24) is 0 Å². The highest BCUT2D eigenvalue weighted by molar-refractivity contribution is 7.89. The van der Waals surface area contributed by atoms with Crippen LogP contribution in [0.1, 0.15) is 0 Å². The van der Waals surface area contributed by atoms with Crippen LogP contribution in [0.5, 0.6) is 0 Å². The molecule has 0 rings (SSSR count). The average molecular weight is 164 g/mol. The topological polar surface area (TPSA) is 77.5 Å². The Morgan fingerprint density at radius 3 is 1.75 bits per heavy atom. The zero-order chi connectivity index (χ0) is 6.78. The molecule has 0 N–H and O–H groups in total. The summed E-state index contributed by atoms with van der Waals surface area (Å²) in [6, 6.07) is 0. The molecule has 0 atom stereocenters. The second kappa shape index (κ2) is 2.37. The lowest BCUT2D eigenvalue weighted by Crippen LogP contribution is -1.94. The third kappa shape index (κ3) is 5.79. The lowest BCUT2D eigenvalue weighted by atomic mass is 15.8. The van der Waals surface area contributed by atoms with Crippen LogP contribution in [0.2, 0.25) is 0 Å². The summed E-state index contributed by atoms with van der Waals surface area (Å²) < 4.78 is 50.5. The third-order valence-corrected chi connectivity index (χ3v) is 1.35. The Hall–Kier alpha value is -0.210. The average Bonchev–Trinajstić information content (AvgIpc) is 1.21. The van der Waals surface area contributed by atoms with Crippen molar-refractivity contribution in [2.75, 3.05) is 0 Å². The van der Waals surface area contributed by atoms with Gasteiger partial charge >= 0.3 is 10.5 Å². The Morgan fingerprint density at radius 2 is 1.75 bits per heavy atom. The molecule has 50 valence electrons. The third-order valence-electron chi connectivity index (χ3n) is 0.150. The molecule has 5 nitrogen and oxygen atoms in total. The maximum Gasteiger partial charge on any atom is 0.452 e. The van der Waals surface area contributed by atoms with E-state index < -0.39 is 21.5 Å². The summed E-state index contributed by atoms with van der Waals surface area (Å²) in [5.41, 5.74) is 0. The van der Waals surface area contributed by atoms with Crippen LogP contribution < -0.4 is 0 Å². The van der Waals surface area contributed by atoms with Crippen LogP contribution in [0.15, 0.2) is 0 Å². The molecule has 0 fully saturated rings. The Balaban J connectivity index is 4.16. The van der Waals surface area contributed by atoms with Crippen molar-refractivity contribution in [2.24, 2.45) is 0 Å². The van der Waals surface area contributed by atoms with E-state index in [1.165, 1.54) is 0 Å². The minimum absolute atomic E-state index is 2.70. The number of rotatable bonds is 2. The molecule has 0 amide bonds. The molecule has 0 bridgehead atoms. The second-order valence-electron chi connectivity index (χ2n) is 0.691. The minimum atomic E-state index is -5.32. The van der Waals surface area contributed by atoms with E-state index in [0.29, 0.717) is 0 Å². The van der Waals surface area contributed by atoms with Crippen molar-refractivity contribution in [1.29, 1.82) is 0 Å². The van der Waals surface area contributed by atoms with Crippen molar-refractivity contribution in [2.45, 2.75) is 0 Å². The van der Waals surface area contributed by atoms with E-state index in [2.05, 4.69) is 3.63 Å². The molecule has 0 heterocycles. The van der Waals surface area contributed by atoms with Gasteiger partial charge in [0, 0.05) is 0 Å². The Kier molecular flexibility index (Phi) is 2.31. The largest absolute Gasteiger partial charge is 0.452 e. The fraction of sp³-hybridized carbons (Fsp3) is 0. The van der Waals surface area contributed by atoms with Gasteiger partial charge in [0.25, 0.3) is 11.0 Å². The smallest absolute Gasteiger partial charge is 0.201 e. The molecule has 0 aliphatic rings. The summed E-state index contributed by atoms with van der Waals surface area (Å²) in [7, 11) is -8.97. The van der Waals surface area contributed by atoms with Crippen molar-refractivity contribution in [3.05, 3.63) is 0 Å². The van der Waals surface area contributed by atoms with Gasteiger partial charge < -0.3 is 0 Å². The molecule has 0 unspecified atom stereocenters. The highest BCUT2D eigenvalue weighted by Crippen LogP contribution is 1.90. The molecule has 0 aromatic carbocycles. The van der Waals surface area contributed by atoms with Crippen LogP contribution in [-0.4, -0.2) is 16.8 Å². The Morgan fingerprint density at radius 1 is 1.38 bits per heavy atom. The lowest BCUT2D eigenvalue weighted by molar-refractivity contribution is 0.440. The van der Waals surface area contributed by atoms with Crippen LogP contribution >= 0.6 is 0 Å². The van der Waals surface area contributed by atoms with Crippen molar-refractivity contribution in [3.63, 3.8) is 0 Å². The van der Waals surface area contributed by atoms with E-state index in [4.69, 9.17) is 8.42 Å². The maximum absolute atomic E-state index is 11.0. The number of halogens is 1. The monoisotopic (exact) mass is 164 g/mol. The van der Waals surface area contributed by atoms with Crippen molar-refractivity contribution >= 4 is 21.5 Å². The van der Waals surface area contributed by atoms with E-state index in [9.17, 15) is 12.3 Å². The summed E-state index contributed by atoms with van der Waals surface area (Å²) >= 11 is 0. The highest BCUT2D eigenvalue weighted by Gasteiger charge is 2.06. The van der Waals surface area contributed by atoms with Crippen LogP contribution in [0.3, 0.4) is 0 Å². The second-order valence-corrected chi connectivity index (χ2v) is 2.52. The molecule has 8 heteroatoms. The molecule has 8 heavy (non-hydrogen) atoms. The first-order valence-corrected chi connectivity index (χ1v) is 3.61. The van der Waals surface area contributed by atoms with Crippen molar-refractivity contribution < 1.29 is 24.4 Å². The summed E-state index contributed by atoms with van der Waals surface area (Å²) in [6.45, 7) is 0. The molecule has 0 aromatic heterocycles. The van der Waals surface area contributed by atoms with Gasteiger partial charge in [-0.2, -0.15) is 8.42 Å². The van der Waals surface area contributed by atoms with Gasteiger partial charge in [0.15, 0.2) is 0 Å². The normalized spacial score (nSPS) is 12.2. The molecule has 0 saturated heterocycles. The van der Waals surface area contributed by atoms with Gasteiger partial charge in [0.05, 0.1) is 0 Å². The maximum atomic E-state index is 11.0. The number of hydrogen-bond acceptors (Lipinski definition) is 5. The fourth-order valence-corrected chi connectivity index (χ4v) is 0.654. The standard InChI is InChI=1S/FHO5S2/c1-8(4,5)6-7(2)3/h7H. The number of thiol groups is 1. The van der Waals surface area contributed by atoms with Gasteiger partial charge in [0.2, 0.25) is 0 Å². The SMILES string of the molecule is O=[SH](=O)OS(=O)(=O)F. The summed E-state index contributed by atoms with van der Waals surface area (Å²) in [5, 5.41) is 0. The first kappa shape index (κ1) is 7.79. The van der Waals surface area contributed by atoms with Crippen LogP contribution in [0.4, 0.5) is 3.89 Å². The van der Waals surface area contributed by atoms with Gasteiger partial charge in [-0.3, -0.25) is 0 Å². The number of hydrogen-bond donors (Lipinski definition) is 1. The predicted octanol–water partition coefficient (Wildman–Crippen LogP) is -1.26. The van der Waals surface area contributed by atoms with E-state index in [0.717, 1.165) is 0 Å². The lowest BCUT2D eigenvalue weighted by Gasteiger charge is -1.78. The van der Waals surface area contributed by atoms with Crippen LogP contribution in [-0.2, 0) is 25.1 Å². The fourth-order valence-electron chi connectivity index (χ4n) is 0.0727. The summed E-state index contributed by atoms with van der Waals surface area (Å²) in [5.74, 6) is 0. The molecule has 0 aliphatic heterocycles. The van der Waals surface area contributed by atoms with E-state index in [1.54, 1.807) is 0 Å². The highest BCUT2D eigenvalue weighted by atomic mass is 32.3. The predicted molar refractivity (Wildman–Crippen MR) is 21.4 cm³/mol. The zero-order valence-corrected chi connectivity index (χ0v) is 4.99. The first-order valence-electron chi connectivity index (χ1n) is 1.20. The molecule has 0 radical (unpaired) electrons. The Bertz CT molecular complexity index is 211. The molecule has 0 aromatic rings. The zero-order valence-electron chi connectivity index (χ0n) is 3.27. The first-order chi connectivity index (χ1) is 3.42. The van der Waals surface area contributed by atoms with Gasteiger partial charge in [-0.25, -0.2) is 8.42 Å². The summed E-state index contributed by atoms with van der Waals surface area (Å²) in [6.07, 6.45) is 0. The molecular formula is HFO5S2. The Labute approximate surface area is 46.6 Å². The van der Waals surface area contributed by atoms with Gasteiger partial charge in [-0.1, -0.05) is 3.89 Å². The van der Waals surface area contributed by atoms with E-state index >= 15 is 0 Å². The van der Waals surface area contributed by atoms with Crippen molar-refractivity contribution in [3.8, 4) is 0 Å². The quantitative estimate of drug-likeness (QED) is 0.407. The van der Waals surface area contributed by atoms with Gasteiger partial charge in [-0.05, 0) is 0 Å². The minimum Gasteiger partial charge on any atom is -0.201 e. The molecule has 0 aliphatic carbocycles. The van der Waals surface area contributed by atoms with E-state index in [1.807, 2.05) is 0 Å². The van der Waals surface area contributed by atoms with Crippen LogP contribution in [0, 0.1) is 0 Å². The van der Waals surface area contributed by atoms with E-state index in [-0.39, 0.29) is 0 Å². The molecule has 0 saturated carbocycles. The molecular weight excluding hydrogens is 163 g/mol. The van der Waals surface area contributed by atoms with Crippen LogP contribution in [0.25, 0.3) is 0 Å². The van der Waals surface area contributed by atoms with Gasteiger partial charge in [0.1, 0.15) is 0 Å². The summed E-state index contributed by atoms with van der Waals surface area (Å²) in [4.78, 5) is 0.